The number of aromatic carboxylic acids is 1. The van der Waals surface area contributed by atoms with Gasteiger partial charge in [-0.15, -0.1) is 0 Å². The second-order valence-electron chi connectivity index (χ2n) is 8.06. The maximum Gasteiger partial charge on any atom is 0.341 e. The number of pyridine rings is 1. The van der Waals surface area contributed by atoms with E-state index in [4.69, 9.17) is 4.74 Å². The van der Waals surface area contributed by atoms with Gasteiger partial charge in [0.15, 0.2) is 11.6 Å². The molecule has 1 aliphatic rings. The van der Waals surface area contributed by atoms with E-state index in [-0.39, 0.29) is 28.1 Å². The summed E-state index contributed by atoms with van der Waals surface area (Å²) in [5.41, 5.74) is -0.264. The minimum Gasteiger partial charge on any atom is -0.508 e. The van der Waals surface area contributed by atoms with Crippen LogP contribution in [0.3, 0.4) is 0 Å². The van der Waals surface area contributed by atoms with Crippen molar-refractivity contribution < 1.29 is 24.1 Å². The molecule has 8 heteroatoms. The summed E-state index contributed by atoms with van der Waals surface area (Å²) in [6, 6.07) is 7.13. The number of ether oxygens (including phenoxy) is 1. The average molecular weight is 426 g/mol. The van der Waals surface area contributed by atoms with Gasteiger partial charge >= 0.3 is 5.97 Å². The highest BCUT2D eigenvalue weighted by molar-refractivity contribution is 5.97. The summed E-state index contributed by atoms with van der Waals surface area (Å²) < 4.78 is 22.4. The zero-order valence-corrected chi connectivity index (χ0v) is 17.4. The van der Waals surface area contributed by atoms with Gasteiger partial charge < -0.3 is 24.4 Å². The lowest BCUT2D eigenvalue weighted by Crippen LogP contribution is -2.24. The molecule has 1 saturated heterocycles. The van der Waals surface area contributed by atoms with Crippen LogP contribution in [-0.2, 0) is 0 Å². The number of fused-ring (bicyclic) bond motifs is 1. The van der Waals surface area contributed by atoms with Crippen LogP contribution in [0.5, 0.6) is 11.5 Å². The fourth-order valence-electron chi connectivity index (χ4n) is 4.19. The molecular weight excluding hydrogens is 403 g/mol. The van der Waals surface area contributed by atoms with E-state index in [1.54, 1.807) is 12.1 Å². The summed E-state index contributed by atoms with van der Waals surface area (Å²) in [6.07, 6.45) is 1.21. The summed E-state index contributed by atoms with van der Waals surface area (Å²) in [6.45, 7) is 5.47. The minimum absolute atomic E-state index is 0.0336. The fraction of sp³-hybridized carbons (Fsp3) is 0.304. The number of carboxylic acid groups (broad SMARTS) is 1. The van der Waals surface area contributed by atoms with Crippen LogP contribution in [0.25, 0.3) is 16.6 Å². The molecule has 0 unspecified atom stereocenters. The number of aromatic hydroxyl groups is 1. The van der Waals surface area contributed by atoms with Gasteiger partial charge in [-0.1, -0.05) is 13.8 Å². The number of rotatable bonds is 4. The van der Waals surface area contributed by atoms with E-state index >= 15 is 4.39 Å². The Kier molecular flexibility index (Phi) is 5.08. The number of carboxylic acids is 1. The highest BCUT2D eigenvalue weighted by Crippen LogP contribution is 2.41. The van der Waals surface area contributed by atoms with Crippen molar-refractivity contribution >= 4 is 22.6 Å². The largest absolute Gasteiger partial charge is 0.508 e. The molecule has 0 spiro atoms. The smallest absolute Gasteiger partial charge is 0.341 e. The molecule has 2 atom stereocenters. The Labute approximate surface area is 177 Å². The maximum atomic E-state index is 15.3. The van der Waals surface area contributed by atoms with E-state index in [0.29, 0.717) is 30.6 Å². The van der Waals surface area contributed by atoms with Gasteiger partial charge in [0.05, 0.1) is 12.5 Å². The Balaban J connectivity index is 2.11. The van der Waals surface area contributed by atoms with Crippen molar-refractivity contribution in [2.24, 2.45) is 11.8 Å². The molecule has 1 fully saturated rings. The molecule has 1 aromatic heterocycles. The summed E-state index contributed by atoms with van der Waals surface area (Å²) in [4.78, 5) is 26.5. The Hall–Kier alpha value is -3.55. The minimum atomic E-state index is -1.41. The quantitative estimate of drug-likeness (QED) is 0.662. The van der Waals surface area contributed by atoms with Crippen LogP contribution in [0.4, 0.5) is 10.1 Å². The van der Waals surface area contributed by atoms with E-state index in [2.05, 4.69) is 13.8 Å². The maximum absolute atomic E-state index is 15.3. The molecule has 0 aliphatic carbocycles. The van der Waals surface area contributed by atoms with Crippen LogP contribution in [0.1, 0.15) is 24.2 Å². The molecule has 2 N–H and O–H groups in total. The monoisotopic (exact) mass is 426 g/mol. The van der Waals surface area contributed by atoms with Gasteiger partial charge in [0.2, 0.25) is 5.43 Å². The normalized spacial score (nSPS) is 18.5. The van der Waals surface area contributed by atoms with E-state index in [9.17, 15) is 19.8 Å². The summed E-state index contributed by atoms with van der Waals surface area (Å²) in [7, 11) is 1.40. The molecule has 162 valence electrons. The first-order valence-electron chi connectivity index (χ1n) is 9.96. The summed E-state index contributed by atoms with van der Waals surface area (Å²) >= 11 is 0. The molecule has 0 radical (unpaired) electrons. The van der Waals surface area contributed by atoms with Gasteiger partial charge in [-0.2, -0.15) is 0 Å². The first kappa shape index (κ1) is 20.7. The van der Waals surface area contributed by atoms with Gasteiger partial charge in [0.1, 0.15) is 22.5 Å². The van der Waals surface area contributed by atoms with E-state index in [0.717, 1.165) is 6.07 Å². The first-order valence-corrected chi connectivity index (χ1v) is 9.96. The molecule has 4 rings (SSSR count). The number of hydrogen-bond acceptors (Lipinski definition) is 5. The van der Waals surface area contributed by atoms with Crippen molar-refractivity contribution in [2.75, 3.05) is 25.1 Å². The van der Waals surface area contributed by atoms with E-state index < -0.39 is 22.8 Å². The summed E-state index contributed by atoms with van der Waals surface area (Å²) in [5.74, 6) is -1.14. The van der Waals surface area contributed by atoms with Crippen LogP contribution < -0.4 is 15.1 Å². The average Bonchev–Trinajstić information content (AvgIpc) is 3.06. The molecule has 1 aliphatic heterocycles. The number of hydrogen-bond donors (Lipinski definition) is 2. The van der Waals surface area contributed by atoms with Crippen LogP contribution in [0.2, 0.25) is 0 Å². The Morgan fingerprint density at radius 2 is 1.77 bits per heavy atom. The molecular formula is C23H23FN2O5. The summed E-state index contributed by atoms with van der Waals surface area (Å²) in [5, 5.41) is 19.1. The lowest BCUT2D eigenvalue weighted by Gasteiger charge is -2.24. The van der Waals surface area contributed by atoms with Crippen molar-refractivity contribution in [2.45, 2.75) is 13.8 Å². The number of halogens is 1. The number of nitrogens with zero attached hydrogens (tertiary/aromatic N) is 2. The zero-order chi connectivity index (χ0) is 22.4. The van der Waals surface area contributed by atoms with Gasteiger partial charge in [-0.05, 0) is 42.2 Å². The number of carbonyl (C=O) groups is 1. The third-order valence-corrected chi connectivity index (χ3v) is 6.04. The van der Waals surface area contributed by atoms with Crippen molar-refractivity contribution in [3.63, 3.8) is 0 Å². The van der Waals surface area contributed by atoms with Crippen molar-refractivity contribution in [3.05, 3.63) is 58.1 Å². The zero-order valence-electron chi connectivity index (χ0n) is 17.4. The Morgan fingerprint density at radius 3 is 2.32 bits per heavy atom. The topological polar surface area (TPSA) is 92.0 Å². The predicted octanol–water partition coefficient (Wildman–Crippen LogP) is 3.63. The number of anilines is 1. The van der Waals surface area contributed by atoms with Crippen molar-refractivity contribution in [1.82, 2.24) is 4.57 Å². The fourth-order valence-corrected chi connectivity index (χ4v) is 4.19. The first-order chi connectivity index (χ1) is 14.7. The number of phenolic OH excluding ortho intramolecular Hbond substituents is 1. The van der Waals surface area contributed by atoms with E-state index in [1.165, 1.54) is 30.0 Å². The number of phenols is 1. The van der Waals surface area contributed by atoms with Crippen molar-refractivity contribution in [3.8, 4) is 17.2 Å². The van der Waals surface area contributed by atoms with Crippen LogP contribution >= 0.6 is 0 Å². The predicted molar refractivity (Wildman–Crippen MR) is 115 cm³/mol. The molecule has 0 bridgehead atoms. The number of benzene rings is 2. The number of aromatic nitrogens is 1. The molecule has 2 aromatic carbocycles. The molecule has 3 aromatic rings. The van der Waals surface area contributed by atoms with Crippen LogP contribution in [-0.4, -0.2) is 40.9 Å². The van der Waals surface area contributed by atoms with Crippen LogP contribution in [0.15, 0.2) is 41.3 Å². The molecule has 0 amide bonds. The third-order valence-electron chi connectivity index (χ3n) is 6.04. The van der Waals surface area contributed by atoms with Gasteiger partial charge in [0, 0.05) is 25.0 Å². The molecule has 7 nitrogen and oxygen atoms in total. The second kappa shape index (κ2) is 7.61. The van der Waals surface area contributed by atoms with Gasteiger partial charge in [-0.3, -0.25) is 4.79 Å². The SMILES string of the molecule is COc1c(N2C[C@@H](C)[C@H](C)C2)c(F)cc2c(=O)c(C(=O)O)cn(-c3ccc(O)cc3)c12. The molecule has 2 heterocycles. The van der Waals surface area contributed by atoms with Crippen molar-refractivity contribution in [1.29, 1.82) is 0 Å². The molecule has 0 saturated carbocycles. The highest BCUT2D eigenvalue weighted by Gasteiger charge is 2.32. The Bertz CT molecular complexity index is 1230. The standard InChI is InChI=1S/C23H23FN2O5/c1-12-9-25(10-13(12)2)20-18(24)8-16-19(22(20)31-3)26(11-17(21(16)28)23(29)30)14-4-6-15(27)7-5-14/h4-8,11-13,27H,9-10H2,1-3H3,(H,29,30)/t12-,13-/m1/s1. The Morgan fingerprint density at radius 1 is 1.16 bits per heavy atom. The van der Waals surface area contributed by atoms with Gasteiger partial charge in [-0.25, -0.2) is 9.18 Å². The third kappa shape index (κ3) is 3.37. The number of methoxy groups -OCH3 is 1. The van der Waals surface area contributed by atoms with E-state index in [1.807, 2.05) is 4.90 Å². The second-order valence-corrected chi connectivity index (χ2v) is 8.06. The lowest BCUT2D eigenvalue weighted by atomic mass is 10.0. The lowest BCUT2D eigenvalue weighted by molar-refractivity contribution is 0.0695. The van der Waals surface area contributed by atoms with Gasteiger partial charge in [0.25, 0.3) is 0 Å². The molecule has 31 heavy (non-hydrogen) atoms. The highest BCUT2D eigenvalue weighted by atomic mass is 19.1. The van der Waals surface area contributed by atoms with Crippen LogP contribution in [0, 0.1) is 17.7 Å².